The number of carbonyl (C=O) groups excluding carboxylic acids is 2. The molecule has 4 aromatic rings. The van der Waals surface area contributed by atoms with Gasteiger partial charge >= 0.3 is 6.09 Å². The number of amides is 2. The van der Waals surface area contributed by atoms with Gasteiger partial charge in [0.15, 0.2) is 0 Å². The molecule has 0 radical (unpaired) electrons. The van der Waals surface area contributed by atoms with E-state index in [-0.39, 0.29) is 31.1 Å². The van der Waals surface area contributed by atoms with Crippen molar-refractivity contribution in [3.63, 3.8) is 0 Å². The minimum absolute atomic E-state index is 0.0848. The van der Waals surface area contributed by atoms with Crippen LogP contribution in [0.2, 0.25) is 16.6 Å². The predicted octanol–water partition coefficient (Wildman–Crippen LogP) is 11.2. The van der Waals surface area contributed by atoms with E-state index in [0.29, 0.717) is 62.7 Å². The van der Waals surface area contributed by atoms with E-state index in [2.05, 4.69) is 71.9 Å². The first-order valence-electron chi connectivity index (χ1n) is 23.8. The van der Waals surface area contributed by atoms with E-state index in [9.17, 15) is 9.59 Å². The van der Waals surface area contributed by atoms with Crippen LogP contribution >= 0.6 is 0 Å². The van der Waals surface area contributed by atoms with Gasteiger partial charge in [0.05, 0.1) is 57.7 Å². The van der Waals surface area contributed by atoms with Gasteiger partial charge in [-0.05, 0) is 83.4 Å². The van der Waals surface area contributed by atoms with Crippen LogP contribution in [0.4, 0.5) is 10.5 Å². The highest BCUT2D eigenvalue weighted by atomic mass is 28.4. The summed E-state index contributed by atoms with van der Waals surface area (Å²) in [5, 5.41) is 0. The monoisotopic (exact) mass is 923 g/mol. The molecule has 1 fully saturated rings. The highest BCUT2D eigenvalue weighted by Crippen LogP contribution is 2.47. The van der Waals surface area contributed by atoms with Crippen LogP contribution in [0.25, 0.3) is 0 Å². The Kier molecular flexibility index (Phi) is 17.9. The normalized spacial score (nSPS) is 18.3. The van der Waals surface area contributed by atoms with Gasteiger partial charge in [-0.1, -0.05) is 114 Å². The highest BCUT2D eigenvalue weighted by molar-refractivity contribution is 6.77. The second-order valence-electron chi connectivity index (χ2n) is 19.2. The van der Waals surface area contributed by atoms with Crippen molar-refractivity contribution in [3.05, 3.63) is 125 Å². The first-order valence-corrected chi connectivity index (χ1v) is 26.0. The fourth-order valence-electron chi connectivity index (χ4n) is 10.2. The molecular formula is C54H74N2O9Si. The standard InChI is InChI=1S/C54H74N2O9Si/c1-38(2)66(39(3)4,40(5)6)65-50-34-55(53(58)64-35-41-18-12-11-13-19-41)33-49(63-36-42-22-27-46-47(32-42)56(28-16-29-59-9)52(57)54(46,7)8)51(50)43-23-25-45(26-24-43)62-31-17-30-61-37-44-20-14-15-21-48(44)60-10/h11-15,18-27,32,38-40,49-51H,16-17,28-31,33-37H2,1-10H3/t49-,50+,51+/m0/s1. The summed E-state index contributed by atoms with van der Waals surface area (Å²) < 4.78 is 43.7. The molecule has 0 unspecified atom stereocenters. The molecule has 358 valence electrons. The number of anilines is 1. The summed E-state index contributed by atoms with van der Waals surface area (Å²) in [7, 11) is 0.864. The third kappa shape index (κ3) is 11.9. The Bertz CT molecular complexity index is 2140. The molecule has 2 amide bonds. The molecule has 66 heavy (non-hydrogen) atoms. The molecule has 0 bridgehead atoms. The Morgan fingerprint density at radius 2 is 1.42 bits per heavy atom. The molecular weight excluding hydrogens is 849 g/mol. The minimum atomic E-state index is -2.49. The number of rotatable bonds is 23. The molecule has 3 atom stereocenters. The molecule has 0 saturated carbocycles. The average molecular weight is 923 g/mol. The summed E-state index contributed by atoms with van der Waals surface area (Å²) in [6.07, 6.45) is 0.228. The number of nitrogens with zero attached hydrogens (tertiary/aromatic N) is 2. The van der Waals surface area contributed by atoms with E-state index in [1.807, 2.05) is 85.5 Å². The summed E-state index contributed by atoms with van der Waals surface area (Å²) in [6.45, 7) is 21.5. The first-order chi connectivity index (χ1) is 31.7. The third-order valence-corrected chi connectivity index (χ3v) is 19.7. The van der Waals surface area contributed by atoms with Crippen LogP contribution in [0.15, 0.2) is 97.1 Å². The van der Waals surface area contributed by atoms with Crippen molar-refractivity contribution >= 4 is 26.0 Å². The molecule has 0 N–H and O–H groups in total. The van der Waals surface area contributed by atoms with Crippen molar-refractivity contribution in [2.24, 2.45) is 0 Å². The van der Waals surface area contributed by atoms with Gasteiger partial charge in [-0.25, -0.2) is 4.79 Å². The number of ether oxygens (including phenoxy) is 6. The summed E-state index contributed by atoms with van der Waals surface area (Å²) in [5.74, 6) is 1.45. The van der Waals surface area contributed by atoms with Crippen LogP contribution in [0, 0.1) is 0 Å². The smallest absolute Gasteiger partial charge is 0.410 e. The van der Waals surface area contributed by atoms with Gasteiger partial charge in [0.1, 0.15) is 18.1 Å². The van der Waals surface area contributed by atoms with Crippen LogP contribution in [0.3, 0.4) is 0 Å². The number of hydrogen-bond acceptors (Lipinski definition) is 9. The lowest BCUT2D eigenvalue weighted by Crippen LogP contribution is -2.59. The predicted molar refractivity (Wildman–Crippen MR) is 263 cm³/mol. The van der Waals surface area contributed by atoms with E-state index >= 15 is 0 Å². The third-order valence-electron chi connectivity index (χ3n) is 13.5. The molecule has 2 aliphatic rings. The Labute approximate surface area is 395 Å². The van der Waals surface area contributed by atoms with Crippen LogP contribution in [0.1, 0.15) is 102 Å². The minimum Gasteiger partial charge on any atom is -0.496 e. The van der Waals surface area contributed by atoms with Gasteiger partial charge in [-0.2, -0.15) is 0 Å². The van der Waals surface area contributed by atoms with Crippen molar-refractivity contribution in [2.45, 2.75) is 128 Å². The van der Waals surface area contributed by atoms with Gasteiger partial charge in [0.2, 0.25) is 14.2 Å². The Morgan fingerprint density at radius 3 is 2.11 bits per heavy atom. The van der Waals surface area contributed by atoms with E-state index in [0.717, 1.165) is 57.8 Å². The average Bonchev–Trinajstić information content (AvgIpc) is 3.50. The molecule has 11 nitrogen and oxygen atoms in total. The number of likely N-dealkylation sites (tertiary alicyclic amines) is 1. The fraction of sp³-hybridized carbons (Fsp3) is 0.519. The molecule has 4 aromatic carbocycles. The van der Waals surface area contributed by atoms with Crippen molar-refractivity contribution < 1.29 is 42.4 Å². The molecule has 2 heterocycles. The number of para-hydroxylation sites is 1. The largest absolute Gasteiger partial charge is 0.496 e. The zero-order valence-electron chi connectivity index (χ0n) is 41.0. The van der Waals surface area contributed by atoms with Crippen molar-refractivity contribution in [1.29, 1.82) is 0 Å². The van der Waals surface area contributed by atoms with Gasteiger partial charge in [0, 0.05) is 50.4 Å². The van der Waals surface area contributed by atoms with E-state index < -0.39 is 25.9 Å². The lowest BCUT2D eigenvalue weighted by Gasteiger charge is -2.50. The van der Waals surface area contributed by atoms with Crippen LogP contribution in [-0.2, 0) is 53.4 Å². The summed E-state index contributed by atoms with van der Waals surface area (Å²) in [5.41, 5.74) is 6.17. The van der Waals surface area contributed by atoms with E-state index in [4.69, 9.17) is 32.8 Å². The maximum Gasteiger partial charge on any atom is 0.410 e. The van der Waals surface area contributed by atoms with E-state index in [1.165, 1.54) is 0 Å². The maximum absolute atomic E-state index is 14.1. The quantitative estimate of drug-likeness (QED) is 0.0531. The molecule has 6 rings (SSSR count). The Balaban J connectivity index is 1.27. The second kappa shape index (κ2) is 23.3. The number of carbonyl (C=O) groups is 2. The number of benzene rings is 4. The van der Waals surface area contributed by atoms with Crippen molar-refractivity contribution in [2.75, 3.05) is 58.6 Å². The molecule has 2 aliphatic heterocycles. The second-order valence-corrected chi connectivity index (χ2v) is 24.6. The summed E-state index contributed by atoms with van der Waals surface area (Å²) >= 11 is 0. The maximum atomic E-state index is 14.1. The van der Waals surface area contributed by atoms with Gasteiger partial charge in [0.25, 0.3) is 0 Å². The first kappa shape index (κ1) is 50.7. The van der Waals surface area contributed by atoms with Gasteiger partial charge < -0.3 is 42.6 Å². The van der Waals surface area contributed by atoms with Crippen LogP contribution < -0.4 is 14.4 Å². The lowest BCUT2D eigenvalue weighted by molar-refractivity contribution is -0.122. The topological polar surface area (TPSA) is 105 Å². The molecule has 1 saturated heterocycles. The van der Waals surface area contributed by atoms with Crippen molar-refractivity contribution in [3.8, 4) is 11.5 Å². The number of fused-ring (bicyclic) bond motifs is 1. The van der Waals surface area contributed by atoms with Gasteiger partial charge in [-0.15, -0.1) is 0 Å². The summed E-state index contributed by atoms with van der Waals surface area (Å²) in [6, 6.07) is 32.2. The zero-order valence-corrected chi connectivity index (χ0v) is 42.0. The molecule has 12 heteroatoms. The fourth-order valence-corrected chi connectivity index (χ4v) is 15.8. The van der Waals surface area contributed by atoms with Gasteiger partial charge in [-0.3, -0.25) is 4.79 Å². The number of hydrogen-bond donors (Lipinski definition) is 0. The SMILES string of the molecule is COCCCN1C(=O)C(C)(C)c2ccc(CO[C@H]3CN(C(=O)OCc4ccccc4)C[C@@H](O[Si](C(C)C)(C(C)C)C(C)C)[C@@H]3c3ccc(OCCCOCc4ccccc4OC)cc3)cc21. The van der Waals surface area contributed by atoms with Crippen LogP contribution in [-0.4, -0.2) is 91.1 Å². The Morgan fingerprint density at radius 1 is 0.742 bits per heavy atom. The Hall–Kier alpha value is -4.72. The molecule has 0 spiro atoms. The molecule has 0 aromatic heterocycles. The van der Waals surface area contributed by atoms with E-state index in [1.54, 1.807) is 19.1 Å². The number of piperidine rings is 1. The zero-order chi connectivity index (χ0) is 47.4. The molecule has 0 aliphatic carbocycles. The van der Waals surface area contributed by atoms with Crippen molar-refractivity contribution in [1.82, 2.24) is 4.90 Å². The van der Waals surface area contributed by atoms with Crippen LogP contribution in [0.5, 0.6) is 11.5 Å². The number of methoxy groups -OCH3 is 2. The summed E-state index contributed by atoms with van der Waals surface area (Å²) in [4.78, 5) is 31.5. The highest BCUT2D eigenvalue weighted by Gasteiger charge is 2.51. The lowest BCUT2D eigenvalue weighted by atomic mass is 9.84.